The van der Waals surface area contributed by atoms with Gasteiger partial charge in [-0.15, -0.1) is 0 Å². The summed E-state index contributed by atoms with van der Waals surface area (Å²) >= 11 is 5.51. The molecule has 1 aliphatic rings. The van der Waals surface area contributed by atoms with Gasteiger partial charge in [0.25, 0.3) is 0 Å². The third-order valence-electron chi connectivity index (χ3n) is 3.47. The topological polar surface area (TPSA) is 66.5 Å². The molecule has 1 atom stereocenters. The van der Waals surface area contributed by atoms with E-state index in [9.17, 15) is 26.4 Å². The van der Waals surface area contributed by atoms with Crippen LogP contribution in [0.25, 0.3) is 0 Å². The number of alkyl halides is 3. The average Bonchev–Trinajstić information content (AvgIpc) is 2.89. The number of carbonyl (C=O) groups is 1. The van der Waals surface area contributed by atoms with Crippen LogP contribution in [0, 0.1) is 0 Å². The predicted molar refractivity (Wildman–Crippen MR) is 79.7 cm³/mol. The van der Waals surface area contributed by atoms with Crippen LogP contribution in [-0.4, -0.2) is 37.5 Å². The molecule has 5 nitrogen and oxygen atoms in total. The van der Waals surface area contributed by atoms with Crippen molar-refractivity contribution in [3.63, 3.8) is 0 Å². The van der Waals surface area contributed by atoms with Crippen LogP contribution < -0.4 is 5.32 Å². The van der Waals surface area contributed by atoms with Crippen molar-refractivity contribution in [3.8, 4) is 0 Å². The fourth-order valence-corrected chi connectivity index (χ4v) is 3.79. The van der Waals surface area contributed by atoms with Gasteiger partial charge in [-0.25, -0.2) is 8.42 Å². The number of nitrogens with zero attached hydrogens (tertiary/aromatic N) is 1. The summed E-state index contributed by atoms with van der Waals surface area (Å²) in [5, 5.41) is 1.84. The highest BCUT2D eigenvalue weighted by Gasteiger charge is 2.37. The van der Waals surface area contributed by atoms with Crippen LogP contribution in [0.5, 0.6) is 0 Å². The standard InChI is InChI=1S/C13H14ClF3N2O3S/c1-23(21,22)19-6-2-3-11(19)12(20)18-8-4-5-10(14)9(7-8)13(15,16)17/h4-5,7,11H,2-3,6H2,1H3,(H,18,20). The number of amides is 1. The predicted octanol–water partition coefficient (Wildman–Crippen LogP) is 2.72. The third kappa shape index (κ3) is 4.15. The fraction of sp³-hybridized carbons (Fsp3) is 0.462. The Bertz CT molecular complexity index is 722. The van der Waals surface area contributed by atoms with Crippen LogP contribution in [0.1, 0.15) is 18.4 Å². The van der Waals surface area contributed by atoms with Gasteiger partial charge in [0.2, 0.25) is 15.9 Å². The summed E-state index contributed by atoms with van der Waals surface area (Å²) in [6.07, 6.45) is -2.83. The molecule has 1 fully saturated rings. The number of anilines is 1. The number of nitrogens with one attached hydrogen (secondary N) is 1. The van der Waals surface area contributed by atoms with Crippen molar-refractivity contribution in [1.29, 1.82) is 0 Å². The molecule has 0 bridgehead atoms. The van der Waals surface area contributed by atoms with Crippen LogP contribution in [0.3, 0.4) is 0 Å². The second kappa shape index (κ2) is 6.29. The zero-order valence-corrected chi connectivity index (χ0v) is 13.6. The summed E-state index contributed by atoms with van der Waals surface area (Å²) in [4.78, 5) is 12.2. The molecule has 0 aromatic heterocycles. The quantitative estimate of drug-likeness (QED) is 0.889. The van der Waals surface area contributed by atoms with Crippen LogP contribution in [-0.2, 0) is 21.0 Å². The van der Waals surface area contributed by atoms with Gasteiger partial charge in [0, 0.05) is 12.2 Å². The fourth-order valence-electron chi connectivity index (χ4n) is 2.44. The molecule has 0 radical (unpaired) electrons. The Balaban J connectivity index is 2.21. The van der Waals surface area contributed by atoms with Crippen molar-refractivity contribution in [2.45, 2.75) is 25.1 Å². The molecule has 1 heterocycles. The largest absolute Gasteiger partial charge is 0.417 e. The summed E-state index contributed by atoms with van der Waals surface area (Å²) in [6, 6.07) is 2.06. The van der Waals surface area contributed by atoms with E-state index in [-0.39, 0.29) is 12.2 Å². The number of hydrogen-bond acceptors (Lipinski definition) is 3. The van der Waals surface area contributed by atoms with E-state index in [0.717, 1.165) is 22.7 Å². The van der Waals surface area contributed by atoms with E-state index in [1.807, 2.05) is 0 Å². The lowest BCUT2D eigenvalue weighted by Crippen LogP contribution is -2.42. The zero-order valence-electron chi connectivity index (χ0n) is 12.0. The lowest BCUT2D eigenvalue weighted by atomic mass is 10.1. The van der Waals surface area contributed by atoms with Crippen molar-refractivity contribution in [3.05, 3.63) is 28.8 Å². The first-order valence-corrected chi connectivity index (χ1v) is 8.87. The van der Waals surface area contributed by atoms with E-state index >= 15 is 0 Å². The van der Waals surface area contributed by atoms with Crippen LogP contribution >= 0.6 is 11.6 Å². The molecule has 1 saturated heterocycles. The highest BCUT2D eigenvalue weighted by Crippen LogP contribution is 2.36. The van der Waals surface area contributed by atoms with Gasteiger partial charge < -0.3 is 5.32 Å². The van der Waals surface area contributed by atoms with E-state index in [4.69, 9.17) is 11.6 Å². The number of benzene rings is 1. The minimum absolute atomic E-state index is 0.0907. The highest BCUT2D eigenvalue weighted by atomic mass is 35.5. The first-order chi connectivity index (χ1) is 10.5. The SMILES string of the molecule is CS(=O)(=O)N1CCCC1C(=O)Nc1ccc(Cl)c(C(F)(F)F)c1. The first kappa shape index (κ1) is 18.0. The maximum Gasteiger partial charge on any atom is 0.417 e. The number of rotatable bonds is 3. The number of carbonyl (C=O) groups excluding carboxylic acids is 1. The van der Waals surface area contributed by atoms with Gasteiger partial charge in [-0.05, 0) is 31.0 Å². The molecule has 128 valence electrons. The molecule has 1 aliphatic heterocycles. The molecule has 10 heteroatoms. The molecule has 1 amide bonds. The zero-order chi connectivity index (χ0) is 17.4. The Hall–Kier alpha value is -1.32. The number of halogens is 4. The molecule has 23 heavy (non-hydrogen) atoms. The second-order valence-electron chi connectivity index (χ2n) is 5.21. The molecule has 2 rings (SSSR count). The molecule has 1 unspecified atom stereocenters. The van der Waals surface area contributed by atoms with Crippen molar-refractivity contribution in [2.24, 2.45) is 0 Å². The van der Waals surface area contributed by atoms with Crippen molar-refractivity contribution in [2.75, 3.05) is 18.1 Å². The van der Waals surface area contributed by atoms with Gasteiger partial charge >= 0.3 is 6.18 Å². The van der Waals surface area contributed by atoms with Gasteiger partial charge in [-0.3, -0.25) is 4.79 Å². The van der Waals surface area contributed by atoms with Crippen LogP contribution in [0.15, 0.2) is 18.2 Å². The molecular formula is C13H14ClF3N2O3S. The second-order valence-corrected chi connectivity index (χ2v) is 7.56. The normalized spacial score (nSPS) is 19.8. The summed E-state index contributed by atoms with van der Waals surface area (Å²) in [5.41, 5.74) is -1.16. The van der Waals surface area contributed by atoms with E-state index in [2.05, 4.69) is 5.32 Å². The maximum absolute atomic E-state index is 12.8. The molecule has 0 aliphatic carbocycles. The van der Waals surface area contributed by atoms with Crippen molar-refractivity contribution >= 4 is 33.2 Å². The number of sulfonamides is 1. The Kier molecular flexibility index (Phi) is 4.93. The van der Waals surface area contributed by atoms with E-state index < -0.39 is 38.7 Å². The van der Waals surface area contributed by atoms with Crippen molar-refractivity contribution in [1.82, 2.24) is 4.31 Å². The van der Waals surface area contributed by atoms with Gasteiger partial charge in [0.1, 0.15) is 6.04 Å². The van der Waals surface area contributed by atoms with Gasteiger partial charge in [0.05, 0.1) is 16.8 Å². The third-order valence-corrected chi connectivity index (χ3v) is 5.09. The van der Waals surface area contributed by atoms with Gasteiger partial charge in [0.15, 0.2) is 0 Å². The lowest BCUT2D eigenvalue weighted by molar-refractivity contribution is -0.137. The Morgan fingerprint density at radius 2 is 2.04 bits per heavy atom. The van der Waals surface area contributed by atoms with E-state index in [0.29, 0.717) is 12.8 Å². The minimum Gasteiger partial charge on any atom is -0.325 e. The molecular weight excluding hydrogens is 357 g/mol. The van der Waals surface area contributed by atoms with E-state index in [1.165, 1.54) is 6.07 Å². The Morgan fingerprint density at radius 1 is 1.39 bits per heavy atom. The lowest BCUT2D eigenvalue weighted by Gasteiger charge is -2.21. The smallest absolute Gasteiger partial charge is 0.325 e. The monoisotopic (exact) mass is 370 g/mol. The molecule has 1 N–H and O–H groups in total. The van der Waals surface area contributed by atoms with Gasteiger partial charge in [-0.2, -0.15) is 17.5 Å². The molecule has 0 saturated carbocycles. The summed E-state index contributed by atoms with van der Waals surface area (Å²) in [7, 11) is -3.56. The van der Waals surface area contributed by atoms with E-state index in [1.54, 1.807) is 0 Å². The van der Waals surface area contributed by atoms with Crippen LogP contribution in [0.2, 0.25) is 5.02 Å². The Morgan fingerprint density at radius 3 is 2.61 bits per heavy atom. The first-order valence-electron chi connectivity index (χ1n) is 6.64. The maximum atomic E-state index is 12.8. The highest BCUT2D eigenvalue weighted by molar-refractivity contribution is 7.88. The summed E-state index contributed by atoms with van der Waals surface area (Å²) in [5.74, 6) is -0.664. The number of hydrogen-bond donors (Lipinski definition) is 1. The molecule has 0 spiro atoms. The molecule has 1 aromatic carbocycles. The van der Waals surface area contributed by atoms with Crippen molar-refractivity contribution < 1.29 is 26.4 Å². The van der Waals surface area contributed by atoms with Crippen LogP contribution in [0.4, 0.5) is 18.9 Å². The summed E-state index contributed by atoms with van der Waals surface area (Å²) < 4.78 is 62.7. The Labute approximate surface area is 136 Å². The average molecular weight is 371 g/mol. The summed E-state index contributed by atoms with van der Waals surface area (Å²) in [6.45, 7) is 0.214. The molecule has 1 aromatic rings. The minimum atomic E-state index is -4.65. The van der Waals surface area contributed by atoms with Gasteiger partial charge in [-0.1, -0.05) is 11.6 Å².